The van der Waals surface area contributed by atoms with Crippen molar-refractivity contribution in [3.05, 3.63) is 0 Å². The van der Waals surface area contributed by atoms with Gasteiger partial charge in [0.2, 0.25) is 0 Å². The first-order valence-electron chi connectivity index (χ1n) is 9.14. The molecule has 0 aromatic rings. The van der Waals surface area contributed by atoms with Crippen LogP contribution in [0.5, 0.6) is 0 Å². The van der Waals surface area contributed by atoms with Gasteiger partial charge in [0.15, 0.2) is 0 Å². The fourth-order valence-corrected chi connectivity index (χ4v) is 5.38. The third-order valence-corrected chi connectivity index (χ3v) is 6.54. The van der Waals surface area contributed by atoms with E-state index in [4.69, 9.17) is 0 Å². The molecule has 0 spiro atoms. The molecule has 0 aromatic carbocycles. The van der Waals surface area contributed by atoms with Crippen LogP contribution in [0.1, 0.15) is 85.5 Å². The summed E-state index contributed by atoms with van der Waals surface area (Å²) >= 11 is 0. The summed E-state index contributed by atoms with van der Waals surface area (Å²) in [5.41, 5.74) is -0.177. The lowest BCUT2D eigenvalue weighted by molar-refractivity contribution is -0.0930. The summed E-state index contributed by atoms with van der Waals surface area (Å²) in [4.78, 5) is 0. The van der Waals surface area contributed by atoms with Crippen LogP contribution < -0.4 is 0 Å². The summed E-state index contributed by atoms with van der Waals surface area (Å²) in [6.45, 7) is 8.68. The minimum atomic E-state index is -0.528. The first kappa shape index (κ1) is 17.3. The summed E-state index contributed by atoms with van der Waals surface area (Å²) in [5.74, 6) is 2.00. The summed E-state index contributed by atoms with van der Waals surface area (Å²) in [5, 5.41) is 20.3. The van der Waals surface area contributed by atoms with Crippen molar-refractivity contribution >= 4 is 0 Å². The highest BCUT2D eigenvalue weighted by Gasteiger charge is 2.49. The van der Waals surface area contributed by atoms with Gasteiger partial charge in [-0.15, -0.1) is 0 Å². The Hall–Kier alpha value is -0.0800. The van der Waals surface area contributed by atoms with E-state index < -0.39 is 5.60 Å². The van der Waals surface area contributed by atoms with Gasteiger partial charge in [-0.3, -0.25) is 0 Å². The van der Waals surface area contributed by atoms with E-state index in [-0.39, 0.29) is 6.10 Å². The average molecular weight is 296 g/mol. The van der Waals surface area contributed by atoms with Crippen LogP contribution in [0.15, 0.2) is 0 Å². The molecule has 124 valence electrons. The highest BCUT2D eigenvalue weighted by atomic mass is 16.3. The largest absolute Gasteiger partial charge is 0.393 e. The Labute approximate surface area is 131 Å². The van der Waals surface area contributed by atoms with Crippen molar-refractivity contribution < 1.29 is 10.2 Å². The zero-order chi connectivity index (χ0) is 15.7. The third kappa shape index (κ3) is 4.01. The quantitative estimate of drug-likeness (QED) is 0.782. The van der Waals surface area contributed by atoms with Crippen LogP contribution in [0.25, 0.3) is 0 Å². The third-order valence-electron chi connectivity index (χ3n) is 6.54. The second-order valence-electron chi connectivity index (χ2n) is 8.79. The highest BCUT2D eigenvalue weighted by molar-refractivity contribution is 4.99. The van der Waals surface area contributed by atoms with Gasteiger partial charge in [0.05, 0.1) is 11.7 Å². The van der Waals surface area contributed by atoms with Crippen LogP contribution in [-0.2, 0) is 0 Å². The zero-order valence-electron chi connectivity index (χ0n) is 14.6. The lowest BCUT2D eigenvalue weighted by Gasteiger charge is -2.54. The maximum atomic E-state index is 10.4. The Kier molecular flexibility index (Phi) is 5.41. The van der Waals surface area contributed by atoms with Crippen LogP contribution in [0.4, 0.5) is 0 Å². The first-order valence-corrected chi connectivity index (χ1v) is 9.14. The predicted octanol–water partition coefficient (Wildman–Crippen LogP) is 4.53. The standard InChI is InChI=1S/C19H36O2/c1-14(8-6-12-18(2,3)21)15-9-5-10-16-17(20)11-7-13-19(15,16)4/h14-17,20-21H,5-13H2,1-4H3/t14-,15?,16-,17+,19-/m1/s1. The average Bonchev–Trinajstić information content (AvgIpc) is 2.36. The van der Waals surface area contributed by atoms with Crippen LogP contribution in [0.3, 0.4) is 0 Å². The van der Waals surface area contributed by atoms with Crippen molar-refractivity contribution in [1.82, 2.24) is 0 Å². The summed E-state index contributed by atoms with van der Waals surface area (Å²) < 4.78 is 0. The number of hydrogen-bond donors (Lipinski definition) is 2. The van der Waals surface area contributed by atoms with Gasteiger partial charge in [0.1, 0.15) is 0 Å². The molecule has 21 heavy (non-hydrogen) atoms. The van der Waals surface area contributed by atoms with E-state index >= 15 is 0 Å². The van der Waals surface area contributed by atoms with Gasteiger partial charge in [-0.2, -0.15) is 0 Å². The maximum absolute atomic E-state index is 10.4. The molecule has 0 aromatic heterocycles. The molecule has 0 heterocycles. The molecule has 2 fully saturated rings. The predicted molar refractivity (Wildman–Crippen MR) is 88.1 cm³/mol. The second kappa shape index (κ2) is 6.58. The van der Waals surface area contributed by atoms with E-state index in [2.05, 4.69) is 13.8 Å². The molecular weight excluding hydrogens is 260 g/mol. The van der Waals surface area contributed by atoms with Crippen molar-refractivity contribution in [2.75, 3.05) is 0 Å². The maximum Gasteiger partial charge on any atom is 0.0591 e. The van der Waals surface area contributed by atoms with E-state index in [1.165, 1.54) is 38.5 Å². The monoisotopic (exact) mass is 296 g/mol. The van der Waals surface area contributed by atoms with Gasteiger partial charge in [-0.05, 0) is 69.1 Å². The molecule has 2 rings (SSSR count). The SMILES string of the molecule is C[C@H](CCCC(C)(C)O)C1CCC[C@@H]2[C@@H](O)CCC[C@]12C. The van der Waals surface area contributed by atoms with E-state index in [9.17, 15) is 10.2 Å². The molecule has 2 heteroatoms. The van der Waals surface area contributed by atoms with Gasteiger partial charge in [-0.25, -0.2) is 0 Å². The van der Waals surface area contributed by atoms with Crippen molar-refractivity contribution in [1.29, 1.82) is 0 Å². The molecular formula is C19H36O2. The molecule has 5 atom stereocenters. The minimum absolute atomic E-state index is 0.0601. The number of aliphatic hydroxyl groups excluding tert-OH is 1. The number of fused-ring (bicyclic) bond motifs is 1. The van der Waals surface area contributed by atoms with Gasteiger partial charge in [0.25, 0.3) is 0 Å². The highest BCUT2D eigenvalue weighted by Crippen LogP contribution is 2.56. The van der Waals surface area contributed by atoms with Crippen molar-refractivity contribution in [3.8, 4) is 0 Å². The van der Waals surface area contributed by atoms with Crippen LogP contribution in [0.2, 0.25) is 0 Å². The molecule has 0 amide bonds. The number of hydrogen-bond acceptors (Lipinski definition) is 2. The van der Waals surface area contributed by atoms with Gasteiger partial charge >= 0.3 is 0 Å². The molecule has 0 radical (unpaired) electrons. The Bertz CT molecular complexity index is 333. The molecule has 2 saturated carbocycles. The van der Waals surface area contributed by atoms with E-state index in [1.54, 1.807) is 0 Å². The topological polar surface area (TPSA) is 40.5 Å². The molecule has 0 aliphatic heterocycles. The van der Waals surface area contributed by atoms with Crippen LogP contribution >= 0.6 is 0 Å². The molecule has 2 N–H and O–H groups in total. The van der Waals surface area contributed by atoms with Crippen molar-refractivity contribution in [2.45, 2.75) is 97.2 Å². The zero-order valence-corrected chi connectivity index (χ0v) is 14.6. The summed E-state index contributed by atoms with van der Waals surface area (Å²) in [6.07, 6.45) is 10.5. The van der Waals surface area contributed by atoms with Gasteiger partial charge in [0, 0.05) is 0 Å². The van der Waals surface area contributed by atoms with Crippen molar-refractivity contribution in [3.63, 3.8) is 0 Å². The fraction of sp³-hybridized carbons (Fsp3) is 1.00. The Morgan fingerprint density at radius 1 is 1.19 bits per heavy atom. The minimum Gasteiger partial charge on any atom is -0.393 e. The molecule has 2 aliphatic rings. The van der Waals surface area contributed by atoms with E-state index in [0.29, 0.717) is 17.3 Å². The first-order chi connectivity index (χ1) is 9.74. The van der Waals surface area contributed by atoms with E-state index in [0.717, 1.165) is 25.2 Å². The molecule has 1 unspecified atom stereocenters. The Balaban J connectivity index is 1.97. The smallest absolute Gasteiger partial charge is 0.0591 e. The number of aliphatic hydroxyl groups is 2. The molecule has 2 aliphatic carbocycles. The second-order valence-corrected chi connectivity index (χ2v) is 8.79. The van der Waals surface area contributed by atoms with Crippen LogP contribution in [-0.4, -0.2) is 21.9 Å². The fourth-order valence-electron chi connectivity index (χ4n) is 5.38. The normalized spacial score (nSPS) is 38.9. The number of rotatable bonds is 5. The molecule has 0 saturated heterocycles. The Morgan fingerprint density at radius 3 is 2.57 bits per heavy atom. The van der Waals surface area contributed by atoms with Crippen LogP contribution in [0, 0.1) is 23.2 Å². The van der Waals surface area contributed by atoms with E-state index in [1.807, 2.05) is 13.8 Å². The van der Waals surface area contributed by atoms with Gasteiger partial charge < -0.3 is 10.2 Å². The molecule has 0 bridgehead atoms. The lowest BCUT2D eigenvalue weighted by atomic mass is 9.52. The summed E-state index contributed by atoms with van der Waals surface area (Å²) in [6, 6.07) is 0. The Morgan fingerprint density at radius 2 is 1.90 bits per heavy atom. The van der Waals surface area contributed by atoms with Gasteiger partial charge in [-0.1, -0.05) is 39.5 Å². The van der Waals surface area contributed by atoms with Crippen molar-refractivity contribution in [2.24, 2.45) is 23.2 Å². The lowest BCUT2D eigenvalue weighted by Crippen LogP contribution is -2.49. The summed E-state index contributed by atoms with van der Waals surface area (Å²) in [7, 11) is 0. The molecule has 2 nitrogen and oxygen atoms in total.